The zero-order valence-electron chi connectivity index (χ0n) is 11.2. The third kappa shape index (κ3) is 2.28. The molecule has 3 aromatic rings. The van der Waals surface area contributed by atoms with Gasteiger partial charge in [0, 0.05) is 17.4 Å². The van der Waals surface area contributed by atoms with Crippen LogP contribution in [-0.2, 0) is 6.42 Å². The smallest absolute Gasteiger partial charge is 0.134 e. The fourth-order valence-electron chi connectivity index (χ4n) is 2.56. The van der Waals surface area contributed by atoms with Gasteiger partial charge in [0.2, 0.25) is 0 Å². The normalized spacial score (nSPS) is 12.7. The number of fused-ring (bicyclic) bond motifs is 1. The van der Waals surface area contributed by atoms with Crippen LogP contribution in [0.3, 0.4) is 0 Å². The van der Waals surface area contributed by atoms with Crippen LogP contribution in [0.4, 0.5) is 0 Å². The third-order valence-electron chi connectivity index (χ3n) is 3.52. The molecule has 0 fully saturated rings. The summed E-state index contributed by atoms with van der Waals surface area (Å²) < 4.78 is 5.68. The van der Waals surface area contributed by atoms with E-state index in [1.54, 1.807) is 12.1 Å². The number of hydrogen-bond donors (Lipinski definition) is 2. The van der Waals surface area contributed by atoms with Crippen molar-refractivity contribution < 1.29 is 14.6 Å². The van der Waals surface area contributed by atoms with E-state index in [4.69, 9.17) is 4.42 Å². The Morgan fingerprint density at radius 1 is 1.05 bits per heavy atom. The second-order valence-corrected chi connectivity index (χ2v) is 4.95. The van der Waals surface area contributed by atoms with E-state index >= 15 is 0 Å². The van der Waals surface area contributed by atoms with Crippen LogP contribution in [0.25, 0.3) is 11.0 Å². The van der Waals surface area contributed by atoms with Crippen LogP contribution in [0.1, 0.15) is 23.0 Å². The Morgan fingerprint density at radius 2 is 1.75 bits per heavy atom. The molecule has 3 heteroatoms. The maximum absolute atomic E-state index is 10.5. The highest BCUT2D eigenvalue weighted by Gasteiger charge is 2.18. The summed E-state index contributed by atoms with van der Waals surface area (Å²) in [5.74, 6) is 0.977. The largest absolute Gasteiger partial charge is 0.508 e. The van der Waals surface area contributed by atoms with E-state index in [1.165, 1.54) is 0 Å². The summed E-state index contributed by atoms with van der Waals surface area (Å²) in [6, 6.07) is 14.6. The fraction of sp³-hybridized carbons (Fsp3) is 0.176. The summed E-state index contributed by atoms with van der Waals surface area (Å²) in [5.41, 5.74) is 2.61. The number of para-hydroxylation sites is 1. The standard InChI is InChI=1S/C17H16O3/c1-11-17(14-4-2-3-5-16(14)20-11)15(19)10-12-6-8-13(18)9-7-12/h2-9,15,18-19H,10H2,1H3. The Bertz CT molecular complexity index is 726. The lowest BCUT2D eigenvalue weighted by molar-refractivity contribution is 0.177. The number of aliphatic hydroxyl groups excluding tert-OH is 1. The summed E-state index contributed by atoms with van der Waals surface area (Å²) >= 11 is 0. The van der Waals surface area contributed by atoms with E-state index in [1.807, 2.05) is 43.3 Å². The summed E-state index contributed by atoms with van der Waals surface area (Å²) in [7, 11) is 0. The van der Waals surface area contributed by atoms with E-state index in [9.17, 15) is 10.2 Å². The minimum Gasteiger partial charge on any atom is -0.508 e. The number of aromatic hydroxyl groups is 1. The van der Waals surface area contributed by atoms with Crippen molar-refractivity contribution in [3.05, 3.63) is 65.4 Å². The van der Waals surface area contributed by atoms with Gasteiger partial charge in [-0.1, -0.05) is 30.3 Å². The highest BCUT2D eigenvalue weighted by Crippen LogP contribution is 2.32. The van der Waals surface area contributed by atoms with Crippen LogP contribution in [0.5, 0.6) is 5.75 Å². The van der Waals surface area contributed by atoms with Gasteiger partial charge in [-0.15, -0.1) is 0 Å². The number of rotatable bonds is 3. The molecule has 2 N–H and O–H groups in total. The molecule has 0 aliphatic heterocycles. The minimum absolute atomic E-state index is 0.230. The average Bonchev–Trinajstić information content (AvgIpc) is 2.77. The molecular weight excluding hydrogens is 252 g/mol. The molecule has 2 aromatic carbocycles. The van der Waals surface area contributed by atoms with Gasteiger partial charge in [0.15, 0.2) is 0 Å². The molecule has 0 spiro atoms. The molecule has 102 valence electrons. The van der Waals surface area contributed by atoms with Crippen LogP contribution in [0, 0.1) is 6.92 Å². The second kappa shape index (κ2) is 5.02. The molecule has 0 amide bonds. The monoisotopic (exact) mass is 268 g/mol. The molecular formula is C17H16O3. The molecule has 1 aromatic heterocycles. The number of benzene rings is 2. The van der Waals surface area contributed by atoms with Crippen molar-refractivity contribution >= 4 is 11.0 Å². The zero-order valence-corrected chi connectivity index (χ0v) is 11.2. The molecule has 20 heavy (non-hydrogen) atoms. The van der Waals surface area contributed by atoms with Crippen molar-refractivity contribution in [2.75, 3.05) is 0 Å². The average molecular weight is 268 g/mol. The first-order chi connectivity index (χ1) is 9.65. The van der Waals surface area contributed by atoms with Crippen molar-refractivity contribution in [3.8, 4) is 5.75 Å². The van der Waals surface area contributed by atoms with Gasteiger partial charge in [-0.25, -0.2) is 0 Å². The number of aryl methyl sites for hydroxylation is 1. The number of furan rings is 1. The Labute approximate surface area is 117 Å². The van der Waals surface area contributed by atoms with E-state index < -0.39 is 6.10 Å². The van der Waals surface area contributed by atoms with E-state index in [-0.39, 0.29) is 5.75 Å². The van der Waals surface area contributed by atoms with Gasteiger partial charge < -0.3 is 14.6 Å². The molecule has 1 atom stereocenters. The van der Waals surface area contributed by atoms with Crippen molar-refractivity contribution in [3.63, 3.8) is 0 Å². The highest BCUT2D eigenvalue weighted by atomic mass is 16.3. The number of hydrogen-bond acceptors (Lipinski definition) is 3. The van der Waals surface area contributed by atoms with Crippen molar-refractivity contribution in [2.24, 2.45) is 0 Å². The molecule has 1 unspecified atom stereocenters. The molecule has 0 aliphatic carbocycles. The third-order valence-corrected chi connectivity index (χ3v) is 3.52. The molecule has 0 radical (unpaired) electrons. The first-order valence-electron chi connectivity index (χ1n) is 6.59. The Hall–Kier alpha value is -2.26. The number of aliphatic hydroxyl groups is 1. The lowest BCUT2D eigenvalue weighted by Crippen LogP contribution is -2.02. The van der Waals surface area contributed by atoms with Gasteiger partial charge in [0.05, 0.1) is 6.10 Å². The Morgan fingerprint density at radius 3 is 2.50 bits per heavy atom. The molecule has 0 saturated heterocycles. The predicted molar refractivity (Wildman–Crippen MR) is 77.7 cm³/mol. The maximum atomic E-state index is 10.5. The lowest BCUT2D eigenvalue weighted by atomic mass is 9.99. The van der Waals surface area contributed by atoms with Crippen molar-refractivity contribution in [1.29, 1.82) is 0 Å². The van der Waals surface area contributed by atoms with Gasteiger partial charge in [0.1, 0.15) is 17.1 Å². The fourth-order valence-corrected chi connectivity index (χ4v) is 2.56. The van der Waals surface area contributed by atoms with E-state index in [0.717, 1.165) is 27.9 Å². The van der Waals surface area contributed by atoms with Gasteiger partial charge in [-0.3, -0.25) is 0 Å². The number of phenolic OH excluding ortho intramolecular Hbond substituents is 1. The molecule has 1 heterocycles. The molecule has 0 saturated carbocycles. The second-order valence-electron chi connectivity index (χ2n) is 4.95. The highest BCUT2D eigenvalue weighted by molar-refractivity contribution is 5.82. The topological polar surface area (TPSA) is 53.6 Å². The Balaban J connectivity index is 1.94. The van der Waals surface area contributed by atoms with Gasteiger partial charge in [-0.2, -0.15) is 0 Å². The molecule has 0 bridgehead atoms. The predicted octanol–water partition coefficient (Wildman–Crippen LogP) is 3.72. The van der Waals surface area contributed by atoms with E-state index in [2.05, 4.69) is 0 Å². The van der Waals surface area contributed by atoms with Crippen molar-refractivity contribution in [2.45, 2.75) is 19.4 Å². The van der Waals surface area contributed by atoms with Crippen molar-refractivity contribution in [1.82, 2.24) is 0 Å². The maximum Gasteiger partial charge on any atom is 0.134 e. The SMILES string of the molecule is Cc1oc2ccccc2c1C(O)Cc1ccc(O)cc1. The Kier molecular flexibility index (Phi) is 3.20. The zero-order chi connectivity index (χ0) is 14.1. The molecule has 3 nitrogen and oxygen atoms in total. The van der Waals surface area contributed by atoms with Crippen LogP contribution in [0.15, 0.2) is 52.9 Å². The summed E-state index contributed by atoms with van der Waals surface area (Å²) in [4.78, 5) is 0. The van der Waals surface area contributed by atoms with Gasteiger partial charge in [-0.05, 0) is 30.7 Å². The summed E-state index contributed by atoms with van der Waals surface area (Å²) in [6.07, 6.45) is -0.131. The summed E-state index contributed by atoms with van der Waals surface area (Å²) in [5, 5.41) is 20.7. The quantitative estimate of drug-likeness (QED) is 0.761. The van der Waals surface area contributed by atoms with Crippen LogP contribution in [-0.4, -0.2) is 10.2 Å². The molecule has 3 rings (SSSR count). The van der Waals surface area contributed by atoms with Crippen LogP contribution in [0.2, 0.25) is 0 Å². The first kappa shape index (κ1) is 12.8. The lowest BCUT2D eigenvalue weighted by Gasteiger charge is -2.10. The van der Waals surface area contributed by atoms with E-state index in [0.29, 0.717) is 6.42 Å². The van der Waals surface area contributed by atoms with Gasteiger partial charge in [0.25, 0.3) is 0 Å². The number of phenols is 1. The minimum atomic E-state index is -0.622. The van der Waals surface area contributed by atoms with Gasteiger partial charge >= 0.3 is 0 Å². The van der Waals surface area contributed by atoms with Crippen LogP contribution >= 0.6 is 0 Å². The summed E-state index contributed by atoms with van der Waals surface area (Å²) in [6.45, 7) is 1.87. The molecule has 0 aliphatic rings. The van der Waals surface area contributed by atoms with Crippen LogP contribution < -0.4 is 0 Å². The first-order valence-corrected chi connectivity index (χ1v) is 6.59.